The molecule has 2 aromatic heterocycles. The van der Waals surface area contributed by atoms with Crippen LogP contribution in [-0.2, 0) is 6.54 Å². The van der Waals surface area contributed by atoms with Gasteiger partial charge in [-0.15, -0.1) is 0 Å². The van der Waals surface area contributed by atoms with Crippen molar-refractivity contribution in [2.45, 2.75) is 19.0 Å². The van der Waals surface area contributed by atoms with Crippen LogP contribution in [0.5, 0.6) is 0 Å². The summed E-state index contributed by atoms with van der Waals surface area (Å²) in [7, 11) is 9.96. The van der Waals surface area contributed by atoms with Crippen molar-refractivity contribution in [3.63, 3.8) is 0 Å². The van der Waals surface area contributed by atoms with Crippen LogP contribution in [0.1, 0.15) is 12.0 Å². The first-order valence-electron chi connectivity index (χ1n) is 8.88. The van der Waals surface area contributed by atoms with Gasteiger partial charge in [0.1, 0.15) is 5.82 Å². The molecule has 140 valence electrons. The summed E-state index contributed by atoms with van der Waals surface area (Å²) in [6, 6.07) is 2.34. The molecule has 1 fully saturated rings. The SMILES string of the molecule is CN(C)c1ccnc(N(C)C2CCN(Cc3cnc(N(C)C)nc3)C2)n1. The highest BCUT2D eigenvalue weighted by Crippen LogP contribution is 2.21. The van der Waals surface area contributed by atoms with E-state index in [0.29, 0.717) is 6.04 Å². The normalized spacial score (nSPS) is 17.3. The molecular weight excluding hydrogens is 328 g/mol. The van der Waals surface area contributed by atoms with Crippen molar-refractivity contribution in [1.82, 2.24) is 24.8 Å². The monoisotopic (exact) mass is 356 g/mol. The lowest BCUT2D eigenvalue weighted by molar-refractivity contribution is 0.325. The number of anilines is 3. The predicted molar refractivity (Wildman–Crippen MR) is 105 cm³/mol. The Bertz CT molecular complexity index is 715. The average Bonchev–Trinajstić information content (AvgIpc) is 3.10. The van der Waals surface area contributed by atoms with E-state index in [4.69, 9.17) is 0 Å². The molecular formula is C18H28N8. The molecule has 0 saturated carbocycles. The third-order valence-corrected chi connectivity index (χ3v) is 4.69. The fraction of sp³-hybridized carbons (Fsp3) is 0.556. The number of hydrogen-bond acceptors (Lipinski definition) is 8. The second-order valence-electron chi connectivity index (χ2n) is 7.18. The van der Waals surface area contributed by atoms with Crippen LogP contribution in [0.2, 0.25) is 0 Å². The fourth-order valence-corrected chi connectivity index (χ4v) is 3.11. The molecule has 0 aliphatic carbocycles. The summed E-state index contributed by atoms with van der Waals surface area (Å²) in [5.41, 5.74) is 1.14. The Morgan fingerprint density at radius 3 is 2.38 bits per heavy atom. The van der Waals surface area contributed by atoms with Crippen molar-refractivity contribution in [3.05, 3.63) is 30.2 Å². The van der Waals surface area contributed by atoms with E-state index in [-0.39, 0.29) is 0 Å². The number of hydrogen-bond donors (Lipinski definition) is 0. The van der Waals surface area contributed by atoms with Gasteiger partial charge in [-0.05, 0) is 12.5 Å². The van der Waals surface area contributed by atoms with Gasteiger partial charge in [0.25, 0.3) is 0 Å². The maximum absolute atomic E-state index is 4.65. The maximum Gasteiger partial charge on any atom is 0.227 e. The molecule has 1 atom stereocenters. The van der Waals surface area contributed by atoms with E-state index in [0.717, 1.165) is 49.3 Å². The quantitative estimate of drug-likeness (QED) is 0.763. The van der Waals surface area contributed by atoms with Gasteiger partial charge in [-0.2, -0.15) is 4.98 Å². The summed E-state index contributed by atoms with van der Waals surface area (Å²) in [5.74, 6) is 2.45. The molecule has 0 N–H and O–H groups in total. The van der Waals surface area contributed by atoms with Gasteiger partial charge < -0.3 is 14.7 Å². The lowest BCUT2D eigenvalue weighted by Gasteiger charge is -2.25. The molecule has 0 amide bonds. The van der Waals surface area contributed by atoms with Gasteiger partial charge in [0.05, 0.1) is 0 Å². The van der Waals surface area contributed by atoms with Crippen molar-refractivity contribution in [3.8, 4) is 0 Å². The van der Waals surface area contributed by atoms with Crippen LogP contribution in [0.3, 0.4) is 0 Å². The number of aromatic nitrogens is 4. The number of likely N-dealkylation sites (tertiary alicyclic amines) is 1. The second kappa shape index (κ2) is 7.82. The molecule has 0 bridgehead atoms. The van der Waals surface area contributed by atoms with Crippen molar-refractivity contribution in [1.29, 1.82) is 0 Å². The van der Waals surface area contributed by atoms with Gasteiger partial charge in [0.15, 0.2) is 0 Å². The van der Waals surface area contributed by atoms with Crippen LogP contribution < -0.4 is 14.7 Å². The third-order valence-electron chi connectivity index (χ3n) is 4.69. The Morgan fingerprint density at radius 1 is 1.00 bits per heavy atom. The Hall–Kier alpha value is -2.48. The Balaban J connectivity index is 1.60. The fourth-order valence-electron chi connectivity index (χ4n) is 3.11. The molecule has 1 aliphatic rings. The molecule has 8 nitrogen and oxygen atoms in total. The Morgan fingerprint density at radius 2 is 1.73 bits per heavy atom. The van der Waals surface area contributed by atoms with Gasteiger partial charge in [-0.1, -0.05) is 0 Å². The Kier molecular flexibility index (Phi) is 5.51. The first-order valence-corrected chi connectivity index (χ1v) is 8.88. The minimum absolute atomic E-state index is 0.411. The largest absolute Gasteiger partial charge is 0.363 e. The van der Waals surface area contributed by atoms with Crippen molar-refractivity contribution in [2.24, 2.45) is 0 Å². The highest BCUT2D eigenvalue weighted by molar-refractivity contribution is 5.42. The summed E-state index contributed by atoms with van der Waals surface area (Å²) in [6.45, 7) is 2.91. The highest BCUT2D eigenvalue weighted by atomic mass is 15.3. The minimum Gasteiger partial charge on any atom is -0.363 e. The van der Waals surface area contributed by atoms with E-state index in [1.165, 1.54) is 0 Å². The standard InChI is InChI=1S/C18H28N8/c1-23(2)16-6-8-19-18(22-16)25(5)15-7-9-26(13-15)12-14-10-20-17(21-11-14)24(3)4/h6,8,10-11,15H,7,9,12-13H2,1-5H3. The van der Waals surface area contributed by atoms with Gasteiger partial charge in [0, 0.05) is 85.1 Å². The zero-order chi connectivity index (χ0) is 18.7. The van der Waals surface area contributed by atoms with Crippen LogP contribution in [-0.4, -0.2) is 79.2 Å². The average molecular weight is 356 g/mol. The molecule has 1 aliphatic heterocycles. The van der Waals surface area contributed by atoms with Gasteiger partial charge in [-0.3, -0.25) is 4.90 Å². The molecule has 8 heteroatoms. The highest BCUT2D eigenvalue weighted by Gasteiger charge is 2.27. The molecule has 1 unspecified atom stereocenters. The number of rotatable bonds is 6. The lowest BCUT2D eigenvalue weighted by Crippen LogP contribution is -2.35. The van der Waals surface area contributed by atoms with Crippen LogP contribution in [0.25, 0.3) is 0 Å². The van der Waals surface area contributed by atoms with Crippen LogP contribution in [0.4, 0.5) is 17.7 Å². The van der Waals surface area contributed by atoms with Gasteiger partial charge in [-0.25, -0.2) is 15.0 Å². The third kappa shape index (κ3) is 4.19. The lowest BCUT2D eigenvalue weighted by atomic mass is 10.2. The predicted octanol–water partition coefficient (Wildman–Crippen LogP) is 1.11. The maximum atomic E-state index is 4.65. The van der Waals surface area contributed by atoms with E-state index in [9.17, 15) is 0 Å². The molecule has 1 saturated heterocycles. The number of likely N-dealkylation sites (N-methyl/N-ethyl adjacent to an activating group) is 1. The first kappa shape index (κ1) is 18.3. The minimum atomic E-state index is 0.411. The molecule has 3 heterocycles. The molecule has 0 radical (unpaired) electrons. The van der Waals surface area contributed by atoms with Crippen LogP contribution >= 0.6 is 0 Å². The van der Waals surface area contributed by atoms with Crippen LogP contribution in [0.15, 0.2) is 24.7 Å². The smallest absolute Gasteiger partial charge is 0.227 e. The zero-order valence-electron chi connectivity index (χ0n) is 16.3. The molecule has 3 rings (SSSR count). The summed E-state index contributed by atoms with van der Waals surface area (Å²) >= 11 is 0. The molecule has 0 spiro atoms. The van der Waals surface area contributed by atoms with E-state index in [1.54, 1.807) is 0 Å². The van der Waals surface area contributed by atoms with E-state index in [1.807, 2.05) is 62.6 Å². The van der Waals surface area contributed by atoms with E-state index < -0.39 is 0 Å². The van der Waals surface area contributed by atoms with E-state index in [2.05, 4.69) is 36.8 Å². The Labute approximate surface area is 155 Å². The summed E-state index contributed by atoms with van der Waals surface area (Å²) < 4.78 is 0. The van der Waals surface area contributed by atoms with Gasteiger partial charge >= 0.3 is 0 Å². The first-order chi connectivity index (χ1) is 12.4. The van der Waals surface area contributed by atoms with Gasteiger partial charge in [0.2, 0.25) is 11.9 Å². The van der Waals surface area contributed by atoms with Crippen molar-refractivity contribution < 1.29 is 0 Å². The van der Waals surface area contributed by atoms with Crippen LogP contribution in [0, 0.1) is 0 Å². The number of nitrogens with zero attached hydrogens (tertiary/aromatic N) is 8. The topological polar surface area (TPSA) is 64.5 Å². The molecule has 0 aromatic carbocycles. The summed E-state index contributed by atoms with van der Waals surface area (Å²) in [6.07, 6.45) is 6.76. The van der Waals surface area contributed by atoms with Crippen molar-refractivity contribution in [2.75, 3.05) is 63.0 Å². The molecule has 2 aromatic rings. The second-order valence-corrected chi connectivity index (χ2v) is 7.18. The summed E-state index contributed by atoms with van der Waals surface area (Å²) in [4.78, 5) is 26.4. The molecule has 26 heavy (non-hydrogen) atoms. The van der Waals surface area contributed by atoms with E-state index >= 15 is 0 Å². The zero-order valence-corrected chi connectivity index (χ0v) is 16.3. The summed E-state index contributed by atoms with van der Waals surface area (Å²) in [5, 5.41) is 0. The van der Waals surface area contributed by atoms with Crippen molar-refractivity contribution >= 4 is 17.7 Å².